The monoisotopic (exact) mass is 223 g/mol. The number of rotatable bonds is 0. The minimum atomic E-state index is -4.08. The van der Waals surface area contributed by atoms with Crippen molar-refractivity contribution in [2.75, 3.05) is 6.61 Å². The zero-order valence-corrected chi connectivity index (χ0v) is 9.04. The Balaban J connectivity index is 3.09. The van der Waals surface area contributed by atoms with Gasteiger partial charge in [-0.2, -0.15) is 12.7 Å². The molecule has 1 aliphatic rings. The number of carbonyl (C=O) groups is 1. The third-order valence-corrected chi connectivity index (χ3v) is 3.41. The maximum Gasteiger partial charge on any atom is 0.423 e. The maximum atomic E-state index is 11.2. The summed E-state index contributed by atoms with van der Waals surface area (Å²) in [6.07, 6.45) is -1.50. The van der Waals surface area contributed by atoms with E-state index in [0.717, 1.165) is 0 Å². The van der Waals surface area contributed by atoms with Crippen LogP contribution in [0, 0.1) is 5.41 Å². The zero-order valence-electron chi connectivity index (χ0n) is 8.22. The fourth-order valence-electron chi connectivity index (χ4n) is 1.26. The molecule has 0 aromatic carbocycles. The van der Waals surface area contributed by atoms with Gasteiger partial charge in [-0.05, 0) is 5.41 Å². The van der Waals surface area contributed by atoms with Crippen molar-refractivity contribution in [2.24, 2.45) is 5.41 Å². The lowest BCUT2D eigenvalue weighted by Crippen LogP contribution is -2.45. The molecule has 1 rings (SSSR count). The molecule has 1 amide bonds. The Bertz CT molecular complexity index is 342. The lowest BCUT2D eigenvalue weighted by molar-refractivity contribution is 0.133. The minimum Gasteiger partial charge on any atom is -0.464 e. The Kier molecular flexibility index (Phi) is 2.49. The SMILES string of the molecule is CC(C)(C)C1COS(=O)(=O)N1C(=O)O. The summed E-state index contributed by atoms with van der Waals surface area (Å²) in [5.74, 6) is 0. The molecule has 7 heteroatoms. The van der Waals surface area contributed by atoms with Crippen molar-refractivity contribution in [2.45, 2.75) is 26.8 Å². The van der Waals surface area contributed by atoms with E-state index in [-0.39, 0.29) is 6.61 Å². The molecule has 0 bridgehead atoms. The van der Waals surface area contributed by atoms with Crippen molar-refractivity contribution in [3.05, 3.63) is 0 Å². The van der Waals surface area contributed by atoms with E-state index in [2.05, 4.69) is 4.18 Å². The molecule has 1 heterocycles. The first-order chi connectivity index (χ1) is 6.16. The molecule has 0 radical (unpaired) electrons. The van der Waals surface area contributed by atoms with Gasteiger partial charge in [-0.25, -0.2) is 4.79 Å². The van der Waals surface area contributed by atoms with Gasteiger partial charge in [-0.1, -0.05) is 20.8 Å². The highest BCUT2D eigenvalue weighted by Gasteiger charge is 2.47. The smallest absolute Gasteiger partial charge is 0.423 e. The number of hydrogen-bond donors (Lipinski definition) is 1. The van der Waals surface area contributed by atoms with E-state index in [1.807, 2.05) is 0 Å². The topological polar surface area (TPSA) is 83.9 Å². The van der Waals surface area contributed by atoms with Gasteiger partial charge in [0, 0.05) is 0 Å². The van der Waals surface area contributed by atoms with Crippen LogP contribution in [0.1, 0.15) is 20.8 Å². The summed E-state index contributed by atoms with van der Waals surface area (Å²) in [6, 6.07) is -0.662. The van der Waals surface area contributed by atoms with Gasteiger partial charge in [0.25, 0.3) is 0 Å². The Morgan fingerprint density at radius 3 is 2.29 bits per heavy atom. The van der Waals surface area contributed by atoms with Gasteiger partial charge >= 0.3 is 16.4 Å². The van der Waals surface area contributed by atoms with Crippen molar-refractivity contribution in [3.8, 4) is 0 Å². The number of carboxylic acid groups (broad SMARTS) is 1. The van der Waals surface area contributed by atoms with Gasteiger partial charge in [0.2, 0.25) is 0 Å². The largest absolute Gasteiger partial charge is 0.464 e. The van der Waals surface area contributed by atoms with E-state index < -0.39 is 27.9 Å². The molecular formula is C7H13NO5S. The molecule has 0 aromatic rings. The van der Waals surface area contributed by atoms with Crippen LogP contribution in [0.15, 0.2) is 0 Å². The first-order valence-corrected chi connectivity index (χ1v) is 5.44. The Labute approximate surface area is 82.7 Å². The number of nitrogens with zero attached hydrogens (tertiary/aromatic N) is 1. The molecule has 1 saturated heterocycles. The lowest BCUT2D eigenvalue weighted by Gasteiger charge is -2.29. The summed E-state index contributed by atoms with van der Waals surface area (Å²) in [6.45, 7) is 5.17. The molecule has 0 saturated carbocycles. The predicted molar refractivity (Wildman–Crippen MR) is 48.0 cm³/mol. The van der Waals surface area contributed by atoms with Gasteiger partial charge in [0.05, 0.1) is 12.6 Å². The highest BCUT2D eigenvalue weighted by molar-refractivity contribution is 7.85. The van der Waals surface area contributed by atoms with E-state index >= 15 is 0 Å². The molecule has 14 heavy (non-hydrogen) atoms. The fourth-order valence-corrected chi connectivity index (χ4v) is 2.56. The first kappa shape index (κ1) is 11.3. The van der Waals surface area contributed by atoms with E-state index in [0.29, 0.717) is 4.31 Å². The van der Waals surface area contributed by atoms with Crippen LogP contribution >= 0.6 is 0 Å². The van der Waals surface area contributed by atoms with Crippen molar-refractivity contribution in [1.29, 1.82) is 0 Å². The van der Waals surface area contributed by atoms with Crippen LogP contribution in [0.25, 0.3) is 0 Å². The van der Waals surface area contributed by atoms with Gasteiger partial charge < -0.3 is 5.11 Å². The molecule has 6 nitrogen and oxygen atoms in total. The predicted octanol–water partition coefficient (Wildman–Crippen LogP) is 0.656. The average molecular weight is 223 g/mol. The number of amides is 1. The number of hydrogen-bond acceptors (Lipinski definition) is 4. The van der Waals surface area contributed by atoms with Gasteiger partial charge in [-0.15, -0.1) is 0 Å². The van der Waals surface area contributed by atoms with Crippen LogP contribution in [0.4, 0.5) is 4.79 Å². The summed E-state index contributed by atoms with van der Waals surface area (Å²) in [7, 11) is -4.08. The van der Waals surface area contributed by atoms with Crippen molar-refractivity contribution in [1.82, 2.24) is 4.31 Å². The van der Waals surface area contributed by atoms with Crippen molar-refractivity contribution >= 4 is 16.4 Å². The van der Waals surface area contributed by atoms with Crippen LogP contribution < -0.4 is 0 Å². The highest BCUT2D eigenvalue weighted by atomic mass is 32.2. The second-order valence-corrected chi connectivity index (χ2v) is 5.69. The molecule has 1 atom stereocenters. The van der Waals surface area contributed by atoms with Crippen LogP contribution in [-0.2, 0) is 14.5 Å². The van der Waals surface area contributed by atoms with Crippen LogP contribution in [-0.4, -0.2) is 36.6 Å². The van der Waals surface area contributed by atoms with Crippen molar-refractivity contribution in [3.63, 3.8) is 0 Å². The van der Waals surface area contributed by atoms with Crippen molar-refractivity contribution < 1.29 is 22.5 Å². The standard InChI is InChI=1S/C7H13NO5S/c1-7(2,3)5-4-13-14(11,12)8(5)6(9)10/h5H,4H2,1-3H3,(H,9,10). The minimum absolute atomic E-state index is 0.113. The summed E-state index contributed by atoms with van der Waals surface area (Å²) < 4.78 is 27.2. The fraction of sp³-hybridized carbons (Fsp3) is 0.857. The van der Waals surface area contributed by atoms with Gasteiger partial charge in [-0.3, -0.25) is 4.18 Å². The molecule has 1 aliphatic heterocycles. The average Bonchev–Trinajstić information content (AvgIpc) is 2.23. The maximum absolute atomic E-state index is 11.2. The molecular weight excluding hydrogens is 210 g/mol. The molecule has 0 spiro atoms. The molecule has 1 unspecified atom stereocenters. The quantitative estimate of drug-likeness (QED) is 0.652. The highest BCUT2D eigenvalue weighted by Crippen LogP contribution is 2.32. The third-order valence-electron chi connectivity index (χ3n) is 2.09. The third kappa shape index (κ3) is 1.83. The Morgan fingerprint density at radius 1 is 1.50 bits per heavy atom. The van der Waals surface area contributed by atoms with Gasteiger partial charge in [0.1, 0.15) is 0 Å². The molecule has 1 N–H and O–H groups in total. The molecule has 82 valence electrons. The second-order valence-electron chi connectivity index (χ2n) is 4.20. The molecule has 0 aromatic heterocycles. The summed E-state index contributed by atoms with van der Waals surface area (Å²) in [4.78, 5) is 10.7. The van der Waals surface area contributed by atoms with Crippen LogP contribution in [0.3, 0.4) is 0 Å². The zero-order chi connectivity index (χ0) is 11.1. The molecule has 0 aliphatic carbocycles. The second kappa shape index (κ2) is 3.09. The first-order valence-electron chi connectivity index (χ1n) is 4.08. The summed E-state index contributed by atoms with van der Waals surface area (Å²) in [5, 5.41) is 8.75. The van der Waals surface area contributed by atoms with E-state index in [1.165, 1.54) is 0 Å². The van der Waals surface area contributed by atoms with Gasteiger partial charge in [0.15, 0.2) is 0 Å². The Hall–Kier alpha value is -0.820. The van der Waals surface area contributed by atoms with Crippen LogP contribution in [0.2, 0.25) is 0 Å². The lowest BCUT2D eigenvalue weighted by atomic mass is 9.87. The normalized spacial score (nSPS) is 26.5. The van der Waals surface area contributed by atoms with E-state index in [4.69, 9.17) is 5.11 Å². The van der Waals surface area contributed by atoms with E-state index in [9.17, 15) is 13.2 Å². The molecule has 1 fully saturated rings. The summed E-state index contributed by atoms with van der Waals surface area (Å²) >= 11 is 0. The summed E-state index contributed by atoms with van der Waals surface area (Å²) in [5.41, 5.74) is -0.470. The van der Waals surface area contributed by atoms with Crippen LogP contribution in [0.5, 0.6) is 0 Å². The Morgan fingerprint density at radius 2 is 2.00 bits per heavy atom. The van der Waals surface area contributed by atoms with E-state index in [1.54, 1.807) is 20.8 Å².